The van der Waals surface area contributed by atoms with E-state index in [0.717, 1.165) is 5.56 Å². The van der Waals surface area contributed by atoms with Gasteiger partial charge in [0.25, 0.3) is 0 Å². The molecule has 0 heterocycles. The van der Waals surface area contributed by atoms with Crippen molar-refractivity contribution in [2.75, 3.05) is 0 Å². The molecule has 0 bridgehead atoms. The summed E-state index contributed by atoms with van der Waals surface area (Å²) in [5, 5.41) is 0. The Balaban J connectivity index is 2.94. The molecule has 1 heteroatoms. The molecule has 1 rings (SSSR count). The largest absolute Gasteiger partial charge is 0.0622 e. The predicted octanol–water partition coefficient (Wildman–Crippen LogP) is 2.39. The lowest BCUT2D eigenvalue weighted by Crippen LogP contribution is -1.67. The first-order valence-corrected chi connectivity index (χ1v) is 3.39. The summed E-state index contributed by atoms with van der Waals surface area (Å²) in [5.41, 5.74) is 1.04. The average Bonchev–Trinajstić information content (AvgIpc) is 1.91. The Hall–Kier alpha value is -0.740. The fourth-order valence-corrected chi connectivity index (χ4v) is 0.805. The summed E-state index contributed by atoms with van der Waals surface area (Å²) in [6, 6.07) is 9.83. The Bertz CT molecular complexity index is 228. The average molecular weight is 181 g/mol. The first-order chi connectivity index (χ1) is 4.43. The third-order valence-electron chi connectivity index (χ3n) is 0.965. The highest BCUT2D eigenvalue weighted by molar-refractivity contribution is 9.12. The second kappa shape index (κ2) is 3.32. The number of hydrogen-bond acceptors (Lipinski definition) is 0. The van der Waals surface area contributed by atoms with Crippen LogP contribution in [0.1, 0.15) is 5.56 Å². The highest BCUT2D eigenvalue weighted by Gasteiger charge is 1.77. The van der Waals surface area contributed by atoms with Crippen LogP contribution in [0.4, 0.5) is 0 Å². The van der Waals surface area contributed by atoms with Gasteiger partial charge < -0.3 is 0 Å². The summed E-state index contributed by atoms with van der Waals surface area (Å²) < 4.78 is 0. The number of rotatable bonds is 0. The molecular formula is C8H5Br. The molecule has 0 fully saturated rings. The van der Waals surface area contributed by atoms with Crippen LogP contribution in [0.15, 0.2) is 30.3 Å². The number of hydrogen-bond donors (Lipinski definition) is 0. The molecular weight excluding hydrogens is 176 g/mol. The standard InChI is InChI=1S/C8H5Br/c9-7-6-8-4-2-1-3-5-8/h1-5H. The summed E-state index contributed by atoms with van der Waals surface area (Å²) in [6.07, 6.45) is 0. The molecule has 0 spiro atoms. The molecule has 0 atom stereocenters. The minimum absolute atomic E-state index is 1.04. The fourth-order valence-electron chi connectivity index (χ4n) is 0.576. The van der Waals surface area contributed by atoms with Crippen LogP contribution in [-0.4, -0.2) is 0 Å². The molecule has 44 valence electrons. The number of benzene rings is 1. The SMILES string of the molecule is BrC#Cc1ccccc1. The van der Waals surface area contributed by atoms with Gasteiger partial charge in [0.05, 0.1) is 0 Å². The summed E-state index contributed by atoms with van der Waals surface area (Å²) in [5.74, 6) is 2.87. The molecule has 0 aliphatic rings. The molecule has 0 aliphatic carbocycles. The quantitative estimate of drug-likeness (QED) is 0.539. The Labute approximate surface area is 63.0 Å². The zero-order valence-electron chi connectivity index (χ0n) is 4.76. The normalized spacial score (nSPS) is 7.67. The van der Waals surface area contributed by atoms with Crippen LogP contribution in [0.25, 0.3) is 0 Å². The van der Waals surface area contributed by atoms with E-state index in [4.69, 9.17) is 0 Å². The molecule has 0 saturated heterocycles. The van der Waals surface area contributed by atoms with Gasteiger partial charge in [-0.1, -0.05) is 24.1 Å². The lowest BCUT2D eigenvalue weighted by molar-refractivity contribution is 1.65. The van der Waals surface area contributed by atoms with Crippen LogP contribution < -0.4 is 0 Å². The number of halogens is 1. The molecule has 1 aromatic rings. The smallest absolute Gasteiger partial charge is 0.0254 e. The Morgan fingerprint density at radius 1 is 1.11 bits per heavy atom. The molecule has 0 aromatic heterocycles. The van der Waals surface area contributed by atoms with Gasteiger partial charge in [-0.05, 0) is 17.0 Å². The van der Waals surface area contributed by atoms with E-state index >= 15 is 0 Å². The van der Waals surface area contributed by atoms with E-state index in [1.807, 2.05) is 30.3 Å². The van der Waals surface area contributed by atoms with Crippen molar-refractivity contribution >= 4 is 15.9 Å². The monoisotopic (exact) mass is 180 g/mol. The minimum Gasteiger partial charge on any atom is -0.0622 e. The van der Waals surface area contributed by atoms with Gasteiger partial charge in [0.2, 0.25) is 0 Å². The molecule has 9 heavy (non-hydrogen) atoms. The molecule has 1 aromatic carbocycles. The molecule has 0 nitrogen and oxygen atoms in total. The molecule has 0 unspecified atom stereocenters. The summed E-state index contributed by atoms with van der Waals surface area (Å²) >= 11 is 3.02. The Morgan fingerprint density at radius 2 is 1.78 bits per heavy atom. The maximum Gasteiger partial charge on any atom is 0.0254 e. The van der Waals surface area contributed by atoms with Gasteiger partial charge in [-0.25, -0.2) is 0 Å². The molecule has 0 radical (unpaired) electrons. The predicted molar refractivity (Wildman–Crippen MR) is 42.2 cm³/mol. The second-order valence-electron chi connectivity index (χ2n) is 1.59. The fraction of sp³-hybridized carbons (Fsp3) is 0. The van der Waals surface area contributed by atoms with Crippen LogP contribution in [0.3, 0.4) is 0 Å². The zero-order valence-corrected chi connectivity index (χ0v) is 6.35. The van der Waals surface area contributed by atoms with Gasteiger partial charge in [-0.3, -0.25) is 0 Å². The van der Waals surface area contributed by atoms with Gasteiger partial charge in [0.1, 0.15) is 0 Å². The van der Waals surface area contributed by atoms with Gasteiger partial charge in [-0.2, -0.15) is 0 Å². The summed E-state index contributed by atoms with van der Waals surface area (Å²) in [4.78, 5) is 2.65. The topological polar surface area (TPSA) is 0 Å². The van der Waals surface area contributed by atoms with Crippen molar-refractivity contribution in [1.29, 1.82) is 0 Å². The van der Waals surface area contributed by atoms with E-state index in [2.05, 4.69) is 26.7 Å². The molecule has 0 aliphatic heterocycles. The van der Waals surface area contributed by atoms with Crippen LogP contribution in [0.2, 0.25) is 0 Å². The molecule has 0 amide bonds. The third-order valence-corrected chi connectivity index (χ3v) is 1.16. The van der Waals surface area contributed by atoms with Crippen LogP contribution >= 0.6 is 15.9 Å². The summed E-state index contributed by atoms with van der Waals surface area (Å²) in [6.45, 7) is 0. The van der Waals surface area contributed by atoms with Crippen molar-refractivity contribution in [2.24, 2.45) is 0 Å². The summed E-state index contributed by atoms with van der Waals surface area (Å²) in [7, 11) is 0. The van der Waals surface area contributed by atoms with Gasteiger partial charge in [-0.15, -0.1) is 0 Å². The van der Waals surface area contributed by atoms with Crippen molar-refractivity contribution in [1.82, 2.24) is 0 Å². The van der Waals surface area contributed by atoms with Crippen molar-refractivity contribution in [2.45, 2.75) is 0 Å². The van der Waals surface area contributed by atoms with E-state index in [-0.39, 0.29) is 0 Å². The Morgan fingerprint density at radius 3 is 2.33 bits per heavy atom. The van der Waals surface area contributed by atoms with E-state index in [1.54, 1.807) is 0 Å². The van der Waals surface area contributed by atoms with E-state index in [9.17, 15) is 0 Å². The van der Waals surface area contributed by atoms with E-state index in [1.165, 1.54) is 0 Å². The lowest BCUT2D eigenvalue weighted by Gasteiger charge is -1.83. The lowest BCUT2D eigenvalue weighted by atomic mass is 10.2. The second-order valence-corrected chi connectivity index (χ2v) is 1.98. The van der Waals surface area contributed by atoms with E-state index in [0.29, 0.717) is 0 Å². The van der Waals surface area contributed by atoms with E-state index < -0.39 is 0 Å². The first-order valence-electron chi connectivity index (χ1n) is 2.60. The van der Waals surface area contributed by atoms with Crippen molar-refractivity contribution in [3.63, 3.8) is 0 Å². The van der Waals surface area contributed by atoms with Crippen LogP contribution in [0, 0.1) is 10.8 Å². The minimum atomic E-state index is 1.04. The molecule has 0 N–H and O–H groups in total. The van der Waals surface area contributed by atoms with Gasteiger partial charge in [0.15, 0.2) is 0 Å². The maximum atomic E-state index is 3.02. The van der Waals surface area contributed by atoms with Crippen LogP contribution in [-0.2, 0) is 0 Å². The van der Waals surface area contributed by atoms with Crippen molar-refractivity contribution in [3.8, 4) is 10.8 Å². The van der Waals surface area contributed by atoms with Crippen LogP contribution in [0.5, 0.6) is 0 Å². The Kier molecular flexibility index (Phi) is 2.35. The zero-order chi connectivity index (χ0) is 6.53. The van der Waals surface area contributed by atoms with Crippen molar-refractivity contribution in [3.05, 3.63) is 35.9 Å². The van der Waals surface area contributed by atoms with Gasteiger partial charge >= 0.3 is 0 Å². The highest BCUT2D eigenvalue weighted by atomic mass is 79.9. The first kappa shape index (κ1) is 6.38. The highest BCUT2D eigenvalue weighted by Crippen LogP contribution is 1.94. The van der Waals surface area contributed by atoms with Gasteiger partial charge in [0, 0.05) is 21.5 Å². The van der Waals surface area contributed by atoms with Crippen molar-refractivity contribution < 1.29 is 0 Å². The third kappa shape index (κ3) is 1.91. The maximum absolute atomic E-state index is 3.02. The molecule has 0 saturated carbocycles.